The third kappa shape index (κ3) is 2.35. The summed E-state index contributed by atoms with van der Waals surface area (Å²) in [5.74, 6) is 2.85. The number of carbonyl (C=O) groups excluding carboxylic acids is 1. The fourth-order valence-electron chi connectivity index (χ4n) is 4.08. The number of fused-ring (bicyclic) bond motifs is 2. The molecule has 0 aromatic rings. The van der Waals surface area contributed by atoms with E-state index in [1.165, 1.54) is 25.7 Å². The van der Waals surface area contributed by atoms with Gasteiger partial charge in [-0.1, -0.05) is 13.3 Å². The summed E-state index contributed by atoms with van der Waals surface area (Å²) in [4.78, 5) is 12.2. The van der Waals surface area contributed by atoms with Gasteiger partial charge in [0.2, 0.25) is 5.91 Å². The van der Waals surface area contributed by atoms with Crippen LogP contribution < -0.4 is 10.6 Å². The Morgan fingerprint density at radius 1 is 1.18 bits per heavy atom. The van der Waals surface area contributed by atoms with Crippen molar-refractivity contribution in [3.8, 4) is 0 Å². The van der Waals surface area contributed by atoms with E-state index in [1.807, 2.05) is 0 Å². The monoisotopic (exact) mass is 236 g/mol. The summed E-state index contributed by atoms with van der Waals surface area (Å²) < 4.78 is 0. The van der Waals surface area contributed by atoms with E-state index in [1.54, 1.807) is 0 Å². The number of amides is 1. The molecule has 3 fully saturated rings. The van der Waals surface area contributed by atoms with Crippen molar-refractivity contribution in [3.05, 3.63) is 0 Å². The molecule has 5 unspecified atom stereocenters. The van der Waals surface area contributed by atoms with Crippen LogP contribution in [0.4, 0.5) is 0 Å². The van der Waals surface area contributed by atoms with E-state index in [4.69, 9.17) is 0 Å². The summed E-state index contributed by atoms with van der Waals surface area (Å²) in [6.07, 6.45) is 6.41. The third-order valence-electron chi connectivity index (χ3n) is 5.01. The molecule has 1 aliphatic heterocycles. The number of rotatable bonds is 2. The zero-order valence-corrected chi connectivity index (χ0v) is 10.7. The maximum atomic E-state index is 12.2. The summed E-state index contributed by atoms with van der Waals surface area (Å²) in [6, 6.07) is 0.499. The second-order valence-electron chi connectivity index (χ2n) is 6.49. The highest BCUT2D eigenvalue weighted by Crippen LogP contribution is 2.44. The Bertz CT molecular complexity index is 305. The summed E-state index contributed by atoms with van der Waals surface area (Å²) >= 11 is 0. The largest absolute Gasteiger partial charge is 0.353 e. The summed E-state index contributed by atoms with van der Waals surface area (Å²) in [5, 5.41) is 6.69. The van der Waals surface area contributed by atoms with Crippen molar-refractivity contribution in [1.82, 2.24) is 10.6 Å². The fraction of sp³-hybridized carbons (Fsp3) is 0.929. The van der Waals surface area contributed by atoms with Crippen molar-refractivity contribution in [3.63, 3.8) is 0 Å². The van der Waals surface area contributed by atoms with Crippen LogP contribution in [0.2, 0.25) is 0 Å². The van der Waals surface area contributed by atoms with Crippen molar-refractivity contribution in [2.24, 2.45) is 23.7 Å². The van der Waals surface area contributed by atoms with Crippen molar-refractivity contribution in [1.29, 1.82) is 0 Å². The minimum Gasteiger partial charge on any atom is -0.353 e. The molecule has 17 heavy (non-hydrogen) atoms. The molecule has 2 saturated carbocycles. The van der Waals surface area contributed by atoms with Gasteiger partial charge < -0.3 is 10.6 Å². The first-order valence-electron chi connectivity index (χ1n) is 7.23. The lowest BCUT2D eigenvalue weighted by Gasteiger charge is -2.30. The standard InChI is InChI=1S/C14H24N2O/c1-9-4-12(8-15-7-9)14(17)16-13-6-10-2-3-11(13)5-10/h9-13,15H,2-8H2,1H3,(H,16,17). The van der Waals surface area contributed by atoms with E-state index in [9.17, 15) is 4.79 Å². The highest BCUT2D eigenvalue weighted by Gasteiger charge is 2.40. The van der Waals surface area contributed by atoms with Crippen LogP contribution in [0.1, 0.15) is 39.0 Å². The lowest BCUT2D eigenvalue weighted by Crippen LogP contribution is -2.47. The molecule has 2 N–H and O–H groups in total. The number of hydrogen-bond acceptors (Lipinski definition) is 2. The van der Waals surface area contributed by atoms with Crippen LogP contribution in [0.15, 0.2) is 0 Å². The molecule has 3 heteroatoms. The van der Waals surface area contributed by atoms with Crippen LogP contribution in [0.5, 0.6) is 0 Å². The van der Waals surface area contributed by atoms with E-state index in [0.29, 0.717) is 17.9 Å². The van der Waals surface area contributed by atoms with Gasteiger partial charge in [-0.15, -0.1) is 0 Å². The van der Waals surface area contributed by atoms with Crippen LogP contribution in [0.3, 0.4) is 0 Å². The zero-order valence-electron chi connectivity index (χ0n) is 10.7. The molecular weight excluding hydrogens is 212 g/mol. The molecule has 0 aromatic heterocycles. The quantitative estimate of drug-likeness (QED) is 0.763. The van der Waals surface area contributed by atoms with Crippen LogP contribution in [0, 0.1) is 23.7 Å². The molecule has 3 aliphatic rings. The van der Waals surface area contributed by atoms with Gasteiger partial charge in [0, 0.05) is 12.6 Å². The van der Waals surface area contributed by atoms with Crippen LogP contribution >= 0.6 is 0 Å². The summed E-state index contributed by atoms with van der Waals surface area (Å²) in [7, 11) is 0. The number of piperidine rings is 1. The SMILES string of the molecule is CC1CNCC(C(=O)NC2CC3CCC2C3)C1. The molecule has 0 radical (unpaired) electrons. The fourth-order valence-corrected chi connectivity index (χ4v) is 4.08. The van der Waals surface area contributed by atoms with Crippen LogP contribution in [0.25, 0.3) is 0 Å². The predicted octanol–water partition coefficient (Wildman–Crippen LogP) is 1.54. The van der Waals surface area contributed by atoms with Gasteiger partial charge in [0.25, 0.3) is 0 Å². The predicted molar refractivity (Wildman–Crippen MR) is 67.5 cm³/mol. The Kier molecular flexibility index (Phi) is 3.12. The Morgan fingerprint density at radius 2 is 2.06 bits per heavy atom. The topological polar surface area (TPSA) is 41.1 Å². The van der Waals surface area contributed by atoms with E-state index < -0.39 is 0 Å². The average Bonchev–Trinajstić information content (AvgIpc) is 2.91. The first kappa shape index (κ1) is 11.5. The van der Waals surface area contributed by atoms with E-state index in [2.05, 4.69) is 17.6 Å². The Morgan fingerprint density at radius 3 is 2.71 bits per heavy atom. The number of hydrogen-bond donors (Lipinski definition) is 2. The van der Waals surface area contributed by atoms with Gasteiger partial charge in [-0.05, 0) is 50.0 Å². The van der Waals surface area contributed by atoms with Crippen LogP contribution in [-0.2, 0) is 4.79 Å². The second kappa shape index (κ2) is 4.60. The molecule has 1 saturated heterocycles. The molecule has 2 aliphatic carbocycles. The molecule has 3 nitrogen and oxygen atoms in total. The summed E-state index contributed by atoms with van der Waals surface area (Å²) in [6.45, 7) is 4.17. The maximum absolute atomic E-state index is 12.2. The van der Waals surface area contributed by atoms with Crippen molar-refractivity contribution < 1.29 is 4.79 Å². The molecule has 1 amide bonds. The number of carbonyl (C=O) groups is 1. The van der Waals surface area contributed by atoms with Crippen molar-refractivity contribution in [2.45, 2.75) is 45.1 Å². The molecule has 0 aromatic carbocycles. The molecule has 2 bridgehead atoms. The van der Waals surface area contributed by atoms with Crippen molar-refractivity contribution >= 4 is 5.91 Å². The first-order valence-corrected chi connectivity index (χ1v) is 7.23. The van der Waals surface area contributed by atoms with Gasteiger partial charge in [-0.25, -0.2) is 0 Å². The number of nitrogens with one attached hydrogen (secondary N) is 2. The van der Waals surface area contributed by atoms with Gasteiger partial charge in [0.1, 0.15) is 0 Å². The molecule has 0 spiro atoms. The van der Waals surface area contributed by atoms with E-state index in [-0.39, 0.29) is 5.92 Å². The third-order valence-corrected chi connectivity index (χ3v) is 5.01. The Hall–Kier alpha value is -0.570. The maximum Gasteiger partial charge on any atom is 0.224 e. The normalized spacial score (nSPS) is 44.9. The summed E-state index contributed by atoms with van der Waals surface area (Å²) in [5.41, 5.74) is 0. The van der Waals surface area contributed by atoms with Crippen molar-refractivity contribution in [2.75, 3.05) is 13.1 Å². The van der Waals surface area contributed by atoms with Gasteiger partial charge in [0.15, 0.2) is 0 Å². The van der Waals surface area contributed by atoms with Crippen LogP contribution in [-0.4, -0.2) is 25.0 Å². The lowest BCUT2D eigenvalue weighted by atomic mass is 9.90. The van der Waals surface area contributed by atoms with Gasteiger partial charge in [-0.3, -0.25) is 4.79 Å². The van der Waals surface area contributed by atoms with Gasteiger partial charge in [0.05, 0.1) is 5.92 Å². The smallest absolute Gasteiger partial charge is 0.224 e. The zero-order chi connectivity index (χ0) is 11.8. The molecular formula is C14H24N2O. The lowest BCUT2D eigenvalue weighted by molar-refractivity contribution is -0.127. The highest BCUT2D eigenvalue weighted by molar-refractivity contribution is 5.79. The average molecular weight is 236 g/mol. The molecule has 1 heterocycles. The minimum absolute atomic E-state index is 0.206. The second-order valence-corrected chi connectivity index (χ2v) is 6.49. The van der Waals surface area contributed by atoms with Gasteiger partial charge in [-0.2, -0.15) is 0 Å². The minimum atomic E-state index is 0.206. The first-order chi connectivity index (χ1) is 8.22. The van der Waals surface area contributed by atoms with E-state index in [0.717, 1.165) is 31.3 Å². The Labute approximate surface area is 104 Å². The molecule has 3 rings (SSSR count). The molecule has 96 valence electrons. The molecule has 5 atom stereocenters. The van der Waals surface area contributed by atoms with E-state index >= 15 is 0 Å². The highest BCUT2D eigenvalue weighted by atomic mass is 16.2. The van der Waals surface area contributed by atoms with Gasteiger partial charge >= 0.3 is 0 Å². The Balaban J connectivity index is 1.53.